The van der Waals surface area contributed by atoms with Crippen molar-refractivity contribution >= 4 is 28.5 Å². The fraction of sp³-hybridized carbons (Fsp3) is 0.355. The zero-order chi connectivity index (χ0) is 28.2. The van der Waals surface area contributed by atoms with Gasteiger partial charge in [0, 0.05) is 17.3 Å². The number of amides is 2. The van der Waals surface area contributed by atoms with Crippen LogP contribution >= 0.6 is 0 Å². The van der Waals surface area contributed by atoms with E-state index in [2.05, 4.69) is 15.6 Å². The molecule has 1 aliphatic carbocycles. The van der Waals surface area contributed by atoms with Gasteiger partial charge in [-0.15, -0.1) is 5.10 Å². The zero-order valence-corrected chi connectivity index (χ0v) is 23.4. The minimum atomic E-state index is -1.02. The lowest BCUT2D eigenvalue weighted by atomic mass is 9.99. The van der Waals surface area contributed by atoms with Crippen molar-refractivity contribution in [1.29, 1.82) is 0 Å². The molecular formula is C31H35N5O4. The van der Waals surface area contributed by atoms with Crippen LogP contribution in [0.4, 0.5) is 5.69 Å². The number of carbonyl (C=O) groups excluding carboxylic acids is 2. The molecule has 1 saturated carbocycles. The van der Waals surface area contributed by atoms with E-state index in [4.69, 9.17) is 9.47 Å². The summed E-state index contributed by atoms with van der Waals surface area (Å²) in [6, 6.07) is 17.7. The number of rotatable bonds is 9. The monoisotopic (exact) mass is 541 g/mol. The van der Waals surface area contributed by atoms with Gasteiger partial charge in [-0.2, -0.15) is 0 Å². The molecule has 0 bridgehead atoms. The number of carbonyl (C=O) groups is 2. The van der Waals surface area contributed by atoms with Crippen LogP contribution < -0.4 is 19.7 Å². The highest BCUT2D eigenvalue weighted by Gasteiger charge is 2.37. The van der Waals surface area contributed by atoms with E-state index in [1.54, 1.807) is 28.8 Å². The molecule has 1 N–H and O–H groups in total. The molecule has 4 aromatic rings. The average molecular weight is 542 g/mol. The highest BCUT2D eigenvalue weighted by molar-refractivity contribution is 6.02. The van der Waals surface area contributed by atoms with E-state index >= 15 is 0 Å². The normalized spacial score (nSPS) is 14.2. The Morgan fingerprint density at radius 3 is 2.50 bits per heavy atom. The molecule has 1 heterocycles. The summed E-state index contributed by atoms with van der Waals surface area (Å²) < 4.78 is 12.9. The third kappa shape index (κ3) is 5.36. The van der Waals surface area contributed by atoms with E-state index in [1.165, 1.54) is 7.11 Å². The number of nitrogens with zero attached hydrogens (tertiary/aromatic N) is 4. The first kappa shape index (κ1) is 27.2. The maximum absolute atomic E-state index is 14.3. The quantitative estimate of drug-likeness (QED) is 0.324. The van der Waals surface area contributed by atoms with Crippen LogP contribution in [0.15, 0.2) is 60.7 Å². The van der Waals surface area contributed by atoms with Gasteiger partial charge in [0.25, 0.3) is 0 Å². The van der Waals surface area contributed by atoms with Gasteiger partial charge in [-0.1, -0.05) is 48.4 Å². The van der Waals surface area contributed by atoms with Crippen LogP contribution in [-0.2, 0) is 16.1 Å². The molecule has 40 heavy (non-hydrogen) atoms. The van der Waals surface area contributed by atoms with E-state index < -0.39 is 6.04 Å². The number of hydrogen-bond donors (Lipinski definition) is 1. The van der Waals surface area contributed by atoms with Gasteiger partial charge in [-0.25, -0.2) is 4.68 Å². The van der Waals surface area contributed by atoms with E-state index in [0.717, 1.165) is 42.3 Å². The lowest BCUT2D eigenvalue weighted by Gasteiger charge is -2.33. The van der Waals surface area contributed by atoms with Gasteiger partial charge in [0.05, 0.1) is 19.7 Å². The average Bonchev–Trinajstić information content (AvgIpc) is 3.62. The summed E-state index contributed by atoms with van der Waals surface area (Å²) in [4.78, 5) is 30.1. The Hall–Kier alpha value is -4.40. The van der Waals surface area contributed by atoms with E-state index in [-0.39, 0.29) is 24.4 Å². The van der Waals surface area contributed by atoms with Gasteiger partial charge in [0.15, 0.2) is 11.5 Å². The third-order valence-corrected chi connectivity index (χ3v) is 7.68. The van der Waals surface area contributed by atoms with Crippen LogP contribution in [0.1, 0.15) is 48.4 Å². The van der Waals surface area contributed by atoms with Crippen LogP contribution in [0.5, 0.6) is 11.5 Å². The Kier molecular flexibility index (Phi) is 8.00. The SMILES string of the molecule is COc1cccc([C@H](C(=O)NC2CCCC2)N(C(=O)Cn2nnc3ccccc32)c2ccc(C)c(C)c2)c1OC. The topological polar surface area (TPSA) is 98.6 Å². The molecule has 0 aliphatic heterocycles. The van der Waals surface area contributed by atoms with Gasteiger partial charge in [-0.3, -0.25) is 14.5 Å². The molecule has 208 valence electrons. The smallest absolute Gasteiger partial charge is 0.249 e. The summed E-state index contributed by atoms with van der Waals surface area (Å²) in [7, 11) is 3.09. The Bertz CT molecular complexity index is 1530. The number of fused-ring (bicyclic) bond motifs is 1. The molecule has 1 aliphatic rings. The number of methoxy groups -OCH3 is 2. The molecular weight excluding hydrogens is 506 g/mol. The lowest BCUT2D eigenvalue weighted by Crippen LogP contribution is -2.47. The van der Waals surface area contributed by atoms with Gasteiger partial charge in [0.1, 0.15) is 18.1 Å². The number of nitrogens with one attached hydrogen (secondary N) is 1. The van der Waals surface area contributed by atoms with Crippen molar-refractivity contribution in [1.82, 2.24) is 20.3 Å². The van der Waals surface area contributed by atoms with Crippen LogP contribution in [0.25, 0.3) is 11.0 Å². The predicted octanol–water partition coefficient (Wildman–Crippen LogP) is 4.90. The standard InChI is InChI=1S/C31H35N5O4/c1-20-16-17-23(18-21(20)2)36(28(37)19-35-26-14-8-7-13-25(26)33-34-35)29(31(38)32-22-10-5-6-11-22)24-12-9-15-27(39-3)30(24)40-4/h7-9,12-18,22,29H,5-6,10-11,19H2,1-4H3,(H,32,38)/t29-/m1/s1. The summed E-state index contributed by atoms with van der Waals surface area (Å²) in [5, 5.41) is 11.7. The Balaban J connectivity index is 1.65. The Morgan fingerprint density at radius 2 is 1.77 bits per heavy atom. The van der Waals surface area contributed by atoms with Crippen LogP contribution in [0.2, 0.25) is 0 Å². The summed E-state index contributed by atoms with van der Waals surface area (Å²) in [6.45, 7) is 3.90. The first-order valence-electron chi connectivity index (χ1n) is 13.6. The first-order valence-corrected chi connectivity index (χ1v) is 13.6. The van der Waals surface area contributed by atoms with Gasteiger partial charge in [-0.05, 0) is 68.1 Å². The summed E-state index contributed by atoms with van der Waals surface area (Å²) >= 11 is 0. The molecule has 1 atom stereocenters. The van der Waals surface area contributed by atoms with Crippen molar-refractivity contribution in [3.63, 3.8) is 0 Å². The number of benzene rings is 3. The number of anilines is 1. The summed E-state index contributed by atoms with van der Waals surface area (Å²) in [5.74, 6) is 0.307. The van der Waals surface area contributed by atoms with E-state index in [9.17, 15) is 9.59 Å². The molecule has 1 aromatic heterocycles. The minimum Gasteiger partial charge on any atom is -0.493 e. The fourth-order valence-corrected chi connectivity index (χ4v) is 5.43. The predicted molar refractivity (Wildman–Crippen MR) is 154 cm³/mol. The molecule has 0 unspecified atom stereocenters. The van der Waals surface area contributed by atoms with Crippen LogP contribution in [-0.4, -0.2) is 47.1 Å². The minimum absolute atomic E-state index is 0.0579. The Labute approximate surface area is 234 Å². The number of para-hydroxylation sites is 2. The molecule has 3 aromatic carbocycles. The number of hydrogen-bond acceptors (Lipinski definition) is 6. The van der Waals surface area contributed by atoms with Crippen LogP contribution in [0, 0.1) is 13.8 Å². The number of ether oxygens (including phenoxy) is 2. The molecule has 1 fully saturated rings. The fourth-order valence-electron chi connectivity index (χ4n) is 5.43. The van der Waals surface area contributed by atoms with Crippen molar-refractivity contribution in [2.24, 2.45) is 0 Å². The van der Waals surface area contributed by atoms with Crippen molar-refractivity contribution in [3.8, 4) is 11.5 Å². The summed E-state index contributed by atoms with van der Waals surface area (Å²) in [5.41, 5.74) is 4.67. The van der Waals surface area contributed by atoms with Crippen molar-refractivity contribution in [3.05, 3.63) is 77.4 Å². The highest BCUT2D eigenvalue weighted by atomic mass is 16.5. The van der Waals surface area contributed by atoms with Crippen LogP contribution in [0.3, 0.4) is 0 Å². The molecule has 5 rings (SSSR count). The molecule has 0 saturated heterocycles. The number of aryl methyl sites for hydroxylation is 2. The van der Waals surface area contributed by atoms with Gasteiger partial charge < -0.3 is 14.8 Å². The van der Waals surface area contributed by atoms with Gasteiger partial charge in [0.2, 0.25) is 11.8 Å². The van der Waals surface area contributed by atoms with E-state index in [1.807, 2.05) is 62.4 Å². The van der Waals surface area contributed by atoms with Crippen molar-refractivity contribution in [2.45, 2.75) is 58.2 Å². The summed E-state index contributed by atoms with van der Waals surface area (Å²) in [6.07, 6.45) is 3.96. The van der Waals surface area contributed by atoms with Crippen molar-refractivity contribution < 1.29 is 19.1 Å². The third-order valence-electron chi connectivity index (χ3n) is 7.68. The maximum Gasteiger partial charge on any atom is 0.249 e. The zero-order valence-electron chi connectivity index (χ0n) is 23.4. The maximum atomic E-state index is 14.3. The lowest BCUT2D eigenvalue weighted by molar-refractivity contribution is -0.127. The largest absolute Gasteiger partial charge is 0.493 e. The second-order valence-electron chi connectivity index (χ2n) is 10.2. The second-order valence-corrected chi connectivity index (χ2v) is 10.2. The van der Waals surface area contributed by atoms with E-state index in [0.29, 0.717) is 28.3 Å². The van der Waals surface area contributed by atoms with Crippen molar-refractivity contribution in [2.75, 3.05) is 19.1 Å². The second kappa shape index (κ2) is 11.8. The molecule has 9 nitrogen and oxygen atoms in total. The molecule has 0 spiro atoms. The molecule has 0 radical (unpaired) electrons. The molecule has 2 amide bonds. The highest BCUT2D eigenvalue weighted by Crippen LogP contribution is 2.39. The Morgan fingerprint density at radius 1 is 1.00 bits per heavy atom. The first-order chi connectivity index (χ1) is 19.4. The number of aromatic nitrogens is 3. The van der Waals surface area contributed by atoms with Gasteiger partial charge >= 0.3 is 0 Å². The molecule has 9 heteroatoms.